The summed E-state index contributed by atoms with van der Waals surface area (Å²) in [6, 6.07) is 25.3. The zero-order valence-corrected chi connectivity index (χ0v) is 27.7. The molecule has 4 aromatic carbocycles. The summed E-state index contributed by atoms with van der Waals surface area (Å²) in [4.78, 5) is 29.1. The normalized spacial score (nSPS) is 11.8. The summed E-state index contributed by atoms with van der Waals surface area (Å²) in [5.74, 6) is -0.807. The molecule has 236 valence electrons. The van der Waals surface area contributed by atoms with Gasteiger partial charge in [-0.15, -0.1) is 0 Å². The van der Waals surface area contributed by atoms with E-state index >= 15 is 0 Å². The van der Waals surface area contributed by atoms with E-state index in [1.54, 1.807) is 49.4 Å². The quantitative estimate of drug-likeness (QED) is 0.170. The van der Waals surface area contributed by atoms with E-state index in [1.165, 1.54) is 36.2 Å². The minimum atomic E-state index is -4.33. The molecule has 0 fully saturated rings. The Morgan fingerprint density at radius 1 is 0.867 bits per heavy atom. The smallest absolute Gasteiger partial charge is 0.264 e. The van der Waals surface area contributed by atoms with E-state index in [9.17, 15) is 18.0 Å². The second-order valence-corrected chi connectivity index (χ2v) is 13.1. The minimum absolute atomic E-state index is 0.0783. The number of benzene rings is 4. The number of amides is 2. The van der Waals surface area contributed by atoms with Gasteiger partial charge in [-0.1, -0.05) is 83.3 Å². The summed E-state index contributed by atoms with van der Waals surface area (Å²) < 4.78 is 35.2. The van der Waals surface area contributed by atoms with Crippen LogP contribution in [0.5, 0.6) is 5.75 Å². The SMILES string of the molecule is CCOc1ccccc1N(CC(=O)N(Cc1ccc(Cl)cc1Cl)[C@@H](Cc1ccccc1)C(=O)NC)S(=O)(=O)c1ccc(Cl)cc1. The minimum Gasteiger partial charge on any atom is -0.492 e. The Hall–Kier alpha value is -3.76. The maximum absolute atomic E-state index is 14.5. The Balaban J connectivity index is 1.84. The van der Waals surface area contributed by atoms with E-state index in [2.05, 4.69) is 5.32 Å². The predicted octanol–water partition coefficient (Wildman–Crippen LogP) is 6.63. The van der Waals surface area contributed by atoms with Crippen LogP contribution in [0.15, 0.2) is 102 Å². The molecule has 0 aliphatic carbocycles. The monoisotopic (exact) mass is 687 g/mol. The van der Waals surface area contributed by atoms with Crippen LogP contribution < -0.4 is 14.4 Å². The maximum Gasteiger partial charge on any atom is 0.264 e. The number of ether oxygens (including phenoxy) is 1. The second kappa shape index (κ2) is 15.5. The van der Waals surface area contributed by atoms with Gasteiger partial charge in [0.25, 0.3) is 10.0 Å². The molecule has 0 radical (unpaired) electrons. The summed E-state index contributed by atoms with van der Waals surface area (Å²) in [6.07, 6.45) is 0.164. The van der Waals surface area contributed by atoms with Crippen LogP contribution in [0.1, 0.15) is 18.1 Å². The number of carbonyl (C=O) groups excluding carboxylic acids is 2. The molecule has 0 unspecified atom stereocenters. The van der Waals surface area contributed by atoms with Crippen molar-refractivity contribution < 1.29 is 22.7 Å². The van der Waals surface area contributed by atoms with Crippen molar-refractivity contribution in [2.45, 2.75) is 30.8 Å². The van der Waals surface area contributed by atoms with Crippen LogP contribution in [0.25, 0.3) is 0 Å². The summed E-state index contributed by atoms with van der Waals surface area (Å²) in [5.41, 5.74) is 1.49. The van der Waals surface area contributed by atoms with E-state index in [-0.39, 0.29) is 35.9 Å². The van der Waals surface area contributed by atoms with Crippen molar-refractivity contribution >= 4 is 62.3 Å². The second-order valence-electron chi connectivity index (χ2n) is 9.94. The van der Waals surface area contributed by atoms with E-state index in [0.29, 0.717) is 20.6 Å². The summed E-state index contributed by atoms with van der Waals surface area (Å²) in [5, 5.41) is 3.70. The number of hydrogen-bond acceptors (Lipinski definition) is 5. The van der Waals surface area contributed by atoms with Crippen LogP contribution in [0.3, 0.4) is 0 Å². The number of hydrogen-bond donors (Lipinski definition) is 1. The van der Waals surface area contributed by atoms with Crippen LogP contribution in [-0.2, 0) is 32.6 Å². The number of sulfonamides is 1. The highest BCUT2D eigenvalue weighted by molar-refractivity contribution is 7.92. The Morgan fingerprint density at radius 2 is 1.51 bits per heavy atom. The van der Waals surface area contributed by atoms with Gasteiger partial charge < -0.3 is 15.0 Å². The van der Waals surface area contributed by atoms with E-state index < -0.39 is 34.4 Å². The molecule has 0 spiro atoms. The lowest BCUT2D eigenvalue weighted by atomic mass is 10.0. The van der Waals surface area contributed by atoms with Gasteiger partial charge >= 0.3 is 0 Å². The number of likely N-dealkylation sites (N-methyl/N-ethyl adjacent to an activating group) is 1. The first-order valence-electron chi connectivity index (χ1n) is 14.0. The van der Waals surface area contributed by atoms with Crippen LogP contribution in [-0.4, -0.2) is 51.4 Å². The molecule has 0 aromatic heterocycles. The van der Waals surface area contributed by atoms with Gasteiger partial charge in [0.05, 0.1) is 17.2 Å². The Bertz CT molecular complexity index is 1740. The predicted molar refractivity (Wildman–Crippen MR) is 179 cm³/mol. The molecule has 2 amide bonds. The topological polar surface area (TPSA) is 96.0 Å². The fourth-order valence-corrected chi connectivity index (χ4v) is 6.76. The number of anilines is 1. The highest BCUT2D eigenvalue weighted by Crippen LogP contribution is 2.33. The molecule has 0 bridgehead atoms. The van der Waals surface area contributed by atoms with Gasteiger partial charge in [-0.3, -0.25) is 13.9 Å². The third-order valence-electron chi connectivity index (χ3n) is 6.99. The summed E-state index contributed by atoms with van der Waals surface area (Å²) in [6.45, 7) is 1.29. The van der Waals surface area contributed by atoms with Crippen molar-refractivity contribution in [1.82, 2.24) is 10.2 Å². The molecule has 0 heterocycles. The average Bonchev–Trinajstić information content (AvgIpc) is 3.03. The van der Waals surface area contributed by atoms with Gasteiger partial charge in [0.2, 0.25) is 11.8 Å². The lowest BCUT2D eigenvalue weighted by Gasteiger charge is -2.34. The first-order valence-corrected chi connectivity index (χ1v) is 16.6. The van der Waals surface area contributed by atoms with Crippen molar-refractivity contribution in [3.63, 3.8) is 0 Å². The number of rotatable bonds is 13. The summed E-state index contributed by atoms with van der Waals surface area (Å²) >= 11 is 18.7. The first kappa shape index (κ1) is 34.1. The molecule has 12 heteroatoms. The van der Waals surface area contributed by atoms with Crippen molar-refractivity contribution in [2.75, 3.05) is 24.5 Å². The Labute approximate surface area is 278 Å². The molecule has 0 aliphatic rings. The van der Waals surface area contributed by atoms with Gasteiger partial charge in [-0.25, -0.2) is 8.42 Å². The van der Waals surface area contributed by atoms with Gasteiger partial charge in [-0.2, -0.15) is 0 Å². The lowest BCUT2D eigenvalue weighted by Crippen LogP contribution is -2.53. The molecule has 4 aromatic rings. The average molecular weight is 689 g/mol. The molecule has 1 N–H and O–H groups in total. The molecular weight excluding hydrogens is 657 g/mol. The molecule has 0 aliphatic heterocycles. The highest BCUT2D eigenvalue weighted by atomic mass is 35.5. The zero-order chi connectivity index (χ0) is 32.6. The highest BCUT2D eigenvalue weighted by Gasteiger charge is 2.35. The van der Waals surface area contributed by atoms with Gasteiger partial charge in [0.1, 0.15) is 18.3 Å². The number of carbonyl (C=O) groups is 2. The molecule has 0 saturated heterocycles. The number of nitrogens with zero attached hydrogens (tertiary/aromatic N) is 2. The molecule has 0 saturated carbocycles. The largest absolute Gasteiger partial charge is 0.492 e. The molecule has 8 nitrogen and oxygen atoms in total. The molecular formula is C33H32Cl3N3O5S. The first-order chi connectivity index (χ1) is 21.5. The van der Waals surface area contributed by atoms with Gasteiger partial charge in [0, 0.05) is 35.1 Å². The standard InChI is InChI=1S/C33H32Cl3N3O5S/c1-3-44-31-12-8-7-11-29(31)39(45(42,43)27-17-15-25(34)16-18-27)22-32(40)38(21-24-13-14-26(35)20-28(24)36)30(33(41)37-2)19-23-9-5-4-6-10-23/h4-18,20,30H,3,19,21-22H2,1-2H3,(H,37,41)/t30-/m0/s1. The Morgan fingerprint density at radius 3 is 2.16 bits per heavy atom. The molecule has 1 atom stereocenters. The van der Waals surface area contributed by atoms with E-state index in [4.69, 9.17) is 39.5 Å². The zero-order valence-electron chi connectivity index (χ0n) is 24.6. The number of nitrogens with one attached hydrogen (secondary N) is 1. The van der Waals surface area contributed by atoms with Gasteiger partial charge in [0.15, 0.2) is 0 Å². The molecule has 45 heavy (non-hydrogen) atoms. The third-order valence-corrected chi connectivity index (χ3v) is 9.60. The van der Waals surface area contributed by atoms with Crippen LogP contribution in [0.4, 0.5) is 5.69 Å². The van der Waals surface area contributed by atoms with Gasteiger partial charge in [-0.05, 0) is 66.6 Å². The third kappa shape index (κ3) is 8.49. The lowest BCUT2D eigenvalue weighted by molar-refractivity contribution is -0.139. The van der Waals surface area contributed by atoms with Crippen molar-refractivity contribution in [3.8, 4) is 5.75 Å². The fourth-order valence-electron chi connectivity index (χ4n) is 4.74. The van der Waals surface area contributed by atoms with E-state index in [0.717, 1.165) is 9.87 Å². The van der Waals surface area contributed by atoms with Crippen LogP contribution in [0.2, 0.25) is 15.1 Å². The number of para-hydroxylation sites is 2. The Kier molecular flexibility index (Phi) is 11.7. The van der Waals surface area contributed by atoms with E-state index in [1.807, 2.05) is 30.3 Å². The van der Waals surface area contributed by atoms with Crippen LogP contribution in [0, 0.1) is 0 Å². The fraction of sp³-hybridized carbons (Fsp3) is 0.212. The van der Waals surface area contributed by atoms with Crippen molar-refractivity contribution in [3.05, 3.63) is 123 Å². The maximum atomic E-state index is 14.5. The van der Waals surface area contributed by atoms with Crippen molar-refractivity contribution in [2.24, 2.45) is 0 Å². The molecule has 4 rings (SSSR count). The summed E-state index contributed by atoms with van der Waals surface area (Å²) in [7, 11) is -2.85. The number of halogens is 3. The van der Waals surface area contributed by atoms with Crippen LogP contribution >= 0.6 is 34.8 Å². The van der Waals surface area contributed by atoms with Crippen molar-refractivity contribution in [1.29, 1.82) is 0 Å².